The predicted octanol–water partition coefficient (Wildman–Crippen LogP) is 4.19. The number of hydrogen-bond donors (Lipinski definition) is 0. The molecule has 13 heavy (non-hydrogen) atoms. The largest absolute Gasteiger partial charge is 0.238 e. The average molecular weight is 194 g/mol. The summed E-state index contributed by atoms with van der Waals surface area (Å²) >= 11 is 6.05. The van der Waals surface area contributed by atoms with Gasteiger partial charge in [-0.15, -0.1) is 0 Å². The smallest absolute Gasteiger partial charge is 0.188 e. The first kappa shape index (κ1) is 10.1. The highest BCUT2D eigenvalue weighted by atomic mass is 35.5. The van der Waals surface area contributed by atoms with Gasteiger partial charge in [-0.1, -0.05) is 44.5 Å². The number of nitrogens with zero attached hydrogens (tertiary/aromatic N) is 1. The van der Waals surface area contributed by atoms with Crippen LogP contribution < -0.4 is 0 Å². The van der Waals surface area contributed by atoms with Crippen LogP contribution in [0.2, 0.25) is 5.02 Å². The summed E-state index contributed by atoms with van der Waals surface area (Å²) < 4.78 is 0. The van der Waals surface area contributed by atoms with Gasteiger partial charge in [0.1, 0.15) is 0 Å². The Labute approximate surface area is 84.2 Å². The summed E-state index contributed by atoms with van der Waals surface area (Å²) in [6.45, 7) is 13.1. The van der Waals surface area contributed by atoms with Gasteiger partial charge in [0, 0.05) is 5.02 Å². The van der Waals surface area contributed by atoms with Gasteiger partial charge >= 0.3 is 0 Å². The van der Waals surface area contributed by atoms with Crippen molar-refractivity contribution in [2.24, 2.45) is 0 Å². The molecule has 0 bridgehead atoms. The molecule has 1 nitrogen and oxygen atoms in total. The first-order valence-electron chi connectivity index (χ1n) is 4.12. The van der Waals surface area contributed by atoms with Gasteiger partial charge in [-0.3, -0.25) is 0 Å². The second kappa shape index (κ2) is 3.40. The molecular formula is C11H12ClN. The molecule has 0 radical (unpaired) electrons. The van der Waals surface area contributed by atoms with Crippen LogP contribution in [0.15, 0.2) is 18.2 Å². The maximum absolute atomic E-state index is 6.83. The number of hydrogen-bond acceptors (Lipinski definition) is 0. The van der Waals surface area contributed by atoms with E-state index in [-0.39, 0.29) is 5.41 Å². The highest BCUT2D eigenvalue weighted by Gasteiger charge is 2.16. The zero-order valence-electron chi connectivity index (χ0n) is 8.06. The molecule has 0 fully saturated rings. The quantitative estimate of drug-likeness (QED) is 0.545. The first-order valence-corrected chi connectivity index (χ1v) is 4.50. The van der Waals surface area contributed by atoms with Crippen LogP contribution in [0.3, 0.4) is 0 Å². The molecule has 0 aliphatic rings. The van der Waals surface area contributed by atoms with Crippen LogP contribution in [0.1, 0.15) is 26.3 Å². The van der Waals surface area contributed by atoms with Gasteiger partial charge in [-0.25, -0.2) is 4.85 Å². The molecule has 1 rings (SSSR count). The molecule has 68 valence electrons. The lowest BCUT2D eigenvalue weighted by Crippen LogP contribution is -2.11. The Balaban J connectivity index is 3.23. The van der Waals surface area contributed by atoms with E-state index in [1.54, 1.807) is 12.1 Å². The van der Waals surface area contributed by atoms with Crippen molar-refractivity contribution in [1.29, 1.82) is 0 Å². The standard InChI is InChI=1S/C11H12ClN/c1-11(2,3)9-6-5-8(13-4)7-10(9)12/h5-7H,1-3H3. The van der Waals surface area contributed by atoms with E-state index in [4.69, 9.17) is 18.2 Å². The fourth-order valence-electron chi connectivity index (χ4n) is 1.18. The van der Waals surface area contributed by atoms with Crippen LogP contribution >= 0.6 is 11.6 Å². The van der Waals surface area contributed by atoms with Crippen molar-refractivity contribution >= 4 is 17.3 Å². The van der Waals surface area contributed by atoms with E-state index in [9.17, 15) is 0 Å². The van der Waals surface area contributed by atoms with Crippen LogP contribution in [0.5, 0.6) is 0 Å². The molecule has 0 saturated carbocycles. The second-order valence-electron chi connectivity index (χ2n) is 4.03. The Morgan fingerprint density at radius 3 is 2.31 bits per heavy atom. The third-order valence-electron chi connectivity index (χ3n) is 1.89. The lowest BCUT2D eigenvalue weighted by atomic mass is 9.87. The van der Waals surface area contributed by atoms with E-state index in [2.05, 4.69) is 25.6 Å². The van der Waals surface area contributed by atoms with Crippen molar-refractivity contribution in [3.8, 4) is 0 Å². The summed E-state index contributed by atoms with van der Waals surface area (Å²) in [6.07, 6.45) is 0. The minimum atomic E-state index is 0.0393. The van der Waals surface area contributed by atoms with E-state index in [1.807, 2.05) is 6.07 Å². The molecule has 2 heteroatoms. The summed E-state index contributed by atoms with van der Waals surface area (Å²) in [5.74, 6) is 0. The van der Waals surface area contributed by atoms with Crippen molar-refractivity contribution < 1.29 is 0 Å². The molecule has 0 amide bonds. The van der Waals surface area contributed by atoms with Gasteiger partial charge in [0.15, 0.2) is 5.69 Å². The third-order valence-corrected chi connectivity index (χ3v) is 2.20. The van der Waals surface area contributed by atoms with Gasteiger partial charge in [-0.2, -0.15) is 0 Å². The Hall–Kier alpha value is -1.00. The van der Waals surface area contributed by atoms with Crippen molar-refractivity contribution in [2.45, 2.75) is 26.2 Å². The van der Waals surface area contributed by atoms with Gasteiger partial charge < -0.3 is 0 Å². The molecular weight excluding hydrogens is 182 g/mol. The fourth-order valence-corrected chi connectivity index (χ4v) is 1.64. The lowest BCUT2D eigenvalue weighted by Gasteiger charge is -2.20. The summed E-state index contributed by atoms with van der Waals surface area (Å²) in [5, 5.41) is 0.681. The topological polar surface area (TPSA) is 4.36 Å². The normalized spacial score (nSPS) is 11.0. The number of benzene rings is 1. The van der Waals surface area contributed by atoms with Gasteiger partial charge in [-0.05, 0) is 17.0 Å². The highest BCUT2D eigenvalue weighted by molar-refractivity contribution is 6.31. The molecule has 0 aliphatic heterocycles. The zero-order chi connectivity index (χ0) is 10.1. The van der Waals surface area contributed by atoms with Crippen molar-refractivity contribution in [2.75, 3.05) is 0 Å². The molecule has 1 aromatic carbocycles. The van der Waals surface area contributed by atoms with Crippen molar-refractivity contribution in [3.63, 3.8) is 0 Å². The van der Waals surface area contributed by atoms with Crippen molar-refractivity contribution in [3.05, 3.63) is 40.2 Å². The average Bonchev–Trinajstić information content (AvgIpc) is 2.01. The van der Waals surface area contributed by atoms with Crippen LogP contribution in [0.25, 0.3) is 4.85 Å². The molecule has 1 aromatic rings. The minimum absolute atomic E-state index is 0.0393. The summed E-state index contributed by atoms with van der Waals surface area (Å²) in [4.78, 5) is 3.32. The second-order valence-corrected chi connectivity index (χ2v) is 4.43. The molecule has 0 spiro atoms. The Bertz CT molecular complexity index is 355. The van der Waals surface area contributed by atoms with E-state index >= 15 is 0 Å². The number of halogens is 1. The van der Waals surface area contributed by atoms with Crippen LogP contribution in [0.4, 0.5) is 5.69 Å². The summed E-state index contributed by atoms with van der Waals surface area (Å²) in [6, 6.07) is 5.45. The van der Waals surface area contributed by atoms with Gasteiger partial charge in [0.2, 0.25) is 0 Å². The van der Waals surface area contributed by atoms with E-state index < -0.39 is 0 Å². The van der Waals surface area contributed by atoms with Crippen molar-refractivity contribution in [1.82, 2.24) is 0 Å². The molecule has 0 aliphatic carbocycles. The van der Waals surface area contributed by atoms with Gasteiger partial charge in [0.05, 0.1) is 6.57 Å². The Kier molecular flexibility index (Phi) is 2.63. The number of rotatable bonds is 0. The summed E-state index contributed by atoms with van der Waals surface area (Å²) in [5.41, 5.74) is 1.72. The molecule has 0 heterocycles. The predicted molar refractivity (Wildman–Crippen MR) is 56.4 cm³/mol. The molecule has 0 saturated heterocycles. The molecule has 0 atom stereocenters. The van der Waals surface area contributed by atoms with E-state index in [1.165, 1.54) is 0 Å². The maximum Gasteiger partial charge on any atom is 0.188 e. The van der Waals surface area contributed by atoms with E-state index in [0.29, 0.717) is 10.7 Å². The Morgan fingerprint density at radius 2 is 1.92 bits per heavy atom. The first-order chi connectivity index (χ1) is 5.95. The Morgan fingerprint density at radius 1 is 1.31 bits per heavy atom. The third kappa shape index (κ3) is 2.23. The maximum atomic E-state index is 6.83. The minimum Gasteiger partial charge on any atom is -0.238 e. The summed E-state index contributed by atoms with van der Waals surface area (Å²) in [7, 11) is 0. The highest BCUT2D eigenvalue weighted by Crippen LogP contribution is 2.31. The van der Waals surface area contributed by atoms with Crippen LogP contribution in [0, 0.1) is 6.57 Å². The van der Waals surface area contributed by atoms with E-state index in [0.717, 1.165) is 5.56 Å². The lowest BCUT2D eigenvalue weighted by molar-refractivity contribution is 0.590. The molecule has 0 aromatic heterocycles. The monoisotopic (exact) mass is 193 g/mol. The molecule has 0 N–H and O–H groups in total. The van der Waals surface area contributed by atoms with Gasteiger partial charge in [0.25, 0.3) is 0 Å². The molecule has 0 unspecified atom stereocenters. The van der Waals surface area contributed by atoms with Crippen LogP contribution in [-0.4, -0.2) is 0 Å². The SMILES string of the molecule is [C-]#[N+]c1ccc(C(C)(C)C)c(Cl)c1. The fraction of sp³-hybridized carbons (Fsp3) is 0.364. The van der Waals surface area contributed by atoms with Crippen LogP contribution in [-0.2, 0) is 5.41 Å². The zero-order valence-corrected chi connectivity index (χ0v) is 8.81.